The molecule has 0 bridgehead atoms. The number of rotatable bonds is 6. The first-order valence-electron chi connectivity index (χ1n) is 6.79. The topological polar surface area (TPSA) is 12.0 Å². The van der Waals surface area contributed by atoms with Crippen LogP contribution in [-0.4, -0.2) is 6.04 Å². The third kappa shape index (κ3) is 4.42. The maximum atomic E-state index is 12.4. The van der Waals surface area contributed by atoms with Crippen LogP contribution in [0.25, 0.3) is 0 Å². The van der Waals surface area contributed by atoms with E-state index >= 15 is 0 Å². The number of nitrogens with one attached hydrogen (secondary N) is 1. The van der Waals surface area contributed by atoms with Gasteiger partial charge in [-0.05, 0) is 24.5 Å². The summed E-state index contributed by atoms with van der Waals surface area (Å²) in [5.74, 6) is 0. The van der Waals surface area contributed by atoms with Gasteiger partial charge in [0.05, 0.1) is 0 Å². The summed E-state index contributed by atoms with van der Waals surface area (Å²) in [4.78, 5) is 0. The van der Waals surface area contributed by atoms with Gasteiger partial charge in [0.15, 0.2) is 0 Å². The third-order valence-electron chi connectivity index (χ3n) is 3.27. The molecule has 0 aliphatic carbocycles. The summed E-state index contributed by atoms with van der Waals surface area (Å²) in [5.41, 5.74) is 2.39. The molecular formula is C17H19F2N. The molecule has 20 heavy (non-hydrogen) atoms. The molecule has 1 atom stereocenters. The Morgan fingerprint density at radius 2 is 1.55 bits per heavy atom. The Bertz CT molecular complexity index is 508. The second-order valence-electron chi connectivity index (χ2n) is 5.01. The molecule has 3 heteroatoms. The molecule has 0 spiro atoms. The molecular weight excluding hydrogens is 256 g/mol. The van der Waals surface area contributed by atoms with Gasteiger partial charge in [-0.3, -0.25) is 0 Å². The maximum Gasteiger partial charge on any atom is 0.263 e. The molecule has 0 heterocycles. The second kappa shape index (κ2) is 7.15. The average Bonchev–Trinajstić information content (AvgIpc) is 2.46. The Balaban J connectivity index is 1.82. The molecule has 2 rings (SSSR count). The van der Waals surface area contributed by atoms with E-state index < -0.39 is 6.43 Å². The van der Waals surface area contributed by atoms with E-state index in [9.17, 15) is 8.78 Å². The van der Waals surface area contributed by atoms with Gasteiger partial charge in [-0.2, -0.15) is 0 Å². The number of benzene rings is 2. The monoisotopic (exact) mass is 275 g/mol. The fourth-order valence-electron chi connectivity index (χ4n) is 2.11. The first kappa shape index (κ1) is 14.7. The highest BCUT2D eigenvalue weighted by atomic mass is 19.3. The van der Waals surface area contributed by atoms with Crippen LogP contribution >= 0.6 is 0 Å². The Kier molecular flexibility index (Phi) is 5.24. The Morgan fingerprint density at radius 1 is 0.900 bits per heavy atom. The molecule has 106 valence electrons. The lowest BCUT2D eigenvalue weighted by Crippen LogP contribution is -2.27. The van der Waals surface area contributed by atoms with Gasteiger partial charge in [0.2, 0.25) is 0 Å². The summed E-state index contributed by atoms with van der Waals surface area (Å²) in [5, 5.41) is 3.41. The lowest BCUT2D eigenvalue weighted by Gasteiger charge is -2.14. The average molecular weight is 275 g/mol. The Labute approximate surface area is 118 Å². The van der Waals surface area contributed by atoms with Crippen LogP contribution < -0.4 is 5.32 Å². The van der Waals surface area contributed by atoms with E-state index in [0.29, 0.717) is 12.6 Å². The number of alkyl halides is 2. The predicted molar refractivity (Wildman–Crippen MR) is 77.8 cm³/mol. The highest BCUT2D eigenvalue weighted by molar-refractivity contribution is 5.23. The molecule has 2 aromatic rings. The SMILES string of the molecule is CC(Cc1ccccc1)NCc1ccc(C(F)F)cc1. The Morgan fingerprint density at radius 3 is 2.15 bits per heavy atom. The van der Waals surface area contributed by atoms with E-state index in [2.05, 4.69) is 24.4 Å². The van der Waals surface area contributed by atoms with Crippen molar-refractivity contribution in [3.8, 4) is 0 Å². The molecule has 0 aliphatic rings. The van der Waals surface area contributed by atoms with E-state index in [1.54, 1.807) is 12.1 Å². The smallest absolute Gasteiger partial charge is 0.263 e. The van der Waals surface area contributed by atoms with Gasteiger partial charge in [0.25, 0.3) is 6.43 Å². The van der Waals surface area contributed by atoms with Crippen molar-refractivity contribution in [1.29, 1.82) is 0 Å². The third-order valence-corrected chi connectivity index (χ3v) is 3.27. The zero-order valence-electron chi connectivity index (χ0n) is 11.5. The maximum absolute atomic E-state index is 12.4. The zero-order valence-corrected chi connectivity index (χ0v) is 11.5. The van der Waals surface area contributed by atoms with Crippen molar-refractivity contribution in [3.05, 3.63) is 71.3 Å². The van der Waals surface area contributed by atoms with Crippen LogP contribution in [0, 0.1) is 0 Å². The van der Waals surface area contributed by atoms with Crippen molar-refractivity contribution in [2.75, 3.05) is 0 Å². The first-order chi connectivity index (χ1) is 9.65. The molecule has 1 unspecified atom stereocenters. The number of halogens is 2. The summed E-state index contributed by atoms with van der Waals surface area (Å²) in [6.07, 6.45) is -1.44. The number of hydrogen-bond acceptors (Lipinski definition) is 1. The largest absolute Gasteiger partial charge is 0.310 e. The van der Waals surface area contributed by atoms with Crippen LogP contribution in [0.4, 0.5) is 8.78 Å². The molecule has 0 saturated heterocycles. The van der Waals surface area contributed by atoms with Crippen LogP contribution in [0.3, 0.4) is 0 Å². The van der Waals surface area contributed by atoms with Crippen LogP contribution in [-0.2, 0) is 13.0 Å². The minimum Gasteiger partial charge on any atom is -0.310 e. The van der Waals surface area contributed by atoms with Crippen molar-refractivity contribution in [2.45, 2.75) is 32.4 Å². The minimum absolute atomic E-state index is 0.0751. The van der Waals surface area contributed by atoms with Crippen molar-refractivity contribution in [2.24, 2.45) is 0 Å². The lowest BCUT2D eigenvalue weighted by molar-refractivity contribution is 0.151. The van der Waals surface area contributed by atoms with Gasteiger partial charge in [-0.1, -0.05) is 54.6 Å². The van der Waals surface area contributed by atoms with Gasteiger partial charge in [-0.15, -0.1) is 0 Å². The molecule has 0 saturated carbocycles. The van der Waals surface area contributed by atoms with Gasteiger partial charge in [-0.25, -0.2) is 8.78 Å². The summed E-state index contributed by atoms with van der Waals surface area (Å²) in [7, 11) is 0. The van der Waals surface area contributed by atoms with Crippen LogP contribution in [0.1, 0.15) is 30.0 Å². The van der Waals surface area contributed by atoms with E-state index in [4.69, 9.17) is 0 Å². The molecule has 0 aromatic heterocycles. The van der Waals surface area contributed by atoms with Crippen LogP contribution in [0.5, 0.6) is 0 Å². The summed E-state index contributed by atoms with van der Waals surface area (Å²) in [6, 6.07) is 17.1. The molecule has 0 fully saturated rings. The van der Waals surface area contributed by atoms with Gasteiger partial charge >= 0.3 is 0 Å². The molecule has 0 amide bonds. The van der Waals surface area contributed by atoms with Crippen molar-refractivity contribution in [1.82, 2.24) is 5.32 Å². The number of hydrogen-bond donors (Lipinski definition) is 1. The Hall–Kier alpha value is -1.74. The summed E-state index contributed by atoms with van der Waals surface area (Å²) < 4.78 is 24.9. The van der Waals surface area contributed by atoms with Gasteiger partial charge in [0.1, 0.15) is 0 Å². The zero-order chi connectivity index (χ0) is 14.4. The fraction of sp³-hybridized carbons (Fsp3) is 0.294. The second-order valence-corrected chi connectivity index (χ2v) is 5.01. The van der Waals surface area contributed by atoms with Crippen molar-refractivity contribution in [3.63, 3.8) is 0 Å². The van der Waals surface area contributed by atoms with Gasteiger partial charge in [0, 0.05) is 18.2 Å². The quantitative estimate of drug-likeness (QED) is 0.826. The summed E-state index contributed by atoms with van der Waals surface area (Å²) in [6.45, 7) is 2.82. The highest BCUT2D eigenvalue weighted by Crippen LogP contribution is 2.18. The standard InChI is InChI=1S/C17H19F2N/c1-13(11-14-5-3-2-4-6-14)20-12-15-7-9-16(10-8-15)17(18)19/h2-10,13,17,20H,11-12H2,1H3. The van der Waals surface area contributed by atoms with Crippen molar-refractivity contribution < 1.29 is 8.78 Å². The van der Waals surface area contributed by atoms with Crippen molar-refractivity contribution >= 4 is 0 Å². The predicted octanol–water partition coefficient (Wildman–Crippen LogP) is 4.35. The van der Waals surface area contributed by atoms with E-state index in [1.807, 2.05) is 18.2 Å². The van der Waals surface area contributed by atoms with Crippen LogP contribution in [0.2, 0.25) is 0 Å². The molecule has 0 aliphatic heterocycles. The van der Waals surface area contributed by atoms with Gasteiger partial charge < -0.3 is 5.32 Å². The van der Waals surface area contributed by atoms with E-state index in [0.717, 1.165) is 12.0 Å². The molecule has 1 N–H and O–H groups in total. The highest BCUT2D eigenvalue weighted by Gasteiger charge is 2.06. The van der Waals surface area contributed by atoms with E-state index in [1.165, 1.54) is 17.7 Å². The molecule has 2 aromatic carbocycles. The van der Waals surface area contributed by atoms with E-state index in [-0.39, 0.29) is 5.56 Å². The van der Waals surface area contributed by atoms with Crippen LogP contribution in [0.15, 0.2) is 54.6 Å². The molecule has 1 nitrogen and oxygen atoms in total. The summed E-state index contributed by atoms with van der Waals surface area (Å²) >= 11 is 0. The lowest BCUT2D eigenvalue weighted by atomic mass is 10.1. The minimum atomic E-state index is -2.39. The first-order valence-corrected chi connectivity index (χ1v) is 6.79. The fourth-order valence-corrected chi connectivity index (χ4v) is 2.11. The molecule has 0 radical (unpaired) electrons. The normalized spacial score (nSPS) is 12.6.